The second kappa shape index (κ2) is 8.11. The van der Waals surface area contributed by atoms with E-state index in [1.165, 1.54) is 23.1 Å². The second-order valence-electron chi connectivity index (χ2n) is 4.69. The molecule has 3 rings (SSSR count). The molecule has 0 aliphatic heterocycles. The van der Waals surface area contributed by atoms with E-state index in [4.69, 9.17) is 11.6 Å². The molecule has 3 aromatic rings. The normalized spacial score (nSPS) is 10.6. The molecule has 0 saturated carbocycles. The summed E-state index contributed by atoms with van der Waals surface area (Å²) in [7, 11) is 0. The lowest BCUT2D eigenvalue weighted by Crippen LogP contribution is -2.12. The molecule has 0 radical (unpaired) electrons. The van der Waals surface area contributed by atoms with Crippen LogP contribution in [0.4, 0.5) is 5.13 Å². The highest BCUT2D eigenvalue weighted by Crippen LogP contribution is 2.30. The number of hydrogen-bond acceptors (Lipinski definition) is 5. The van der Waals surface area contributed by atoms with Gasteiger partial charge in [-0.15, -0.1) is 10.2 Å². The highest BCUT2D eigenvalue weighted by atomic mass is 79.9. The molecule has 4 nitrogen and oxygen atoms in total. The van der Waals surface area contributed by atoms with Crippen molar-refractivity contribution >= 4 is 61.7 Å². The van der Waals surface area contributed by atoms with E-state index in [1.807, 2.05) is 42.5 Å². The zero-order valence-corrected chi connectivity index (χ0v) is 16.2. The summed E-state index contributed by atoms with van der Waals surface area (Å²) in [4.78, 5) is 12.2. The van der Waals surface area contributed by atoms with Crippen LogP contribution in [-0.2, 0) is 5.75 Å². The molecule has 1 aromatic heterocycles. The lowest BCUT2D eigenvalue weighted by atomic mass is 10.2. The van der Waals surface area contributed by atoms with Gasteiger partial charge in [-0.2, -0.15) is 0 Å². The number of thioether (sulfide) groups is 1. The lowest BCUT2D eigenvalue weighted by molar-refractivity contribution is 0.102. The molecule has 0 saturated heterocycles. The van der Waals surface area contributed by atoms with Crippen LogP contribution in [-0.4, -0.2) is 16.1 Å². The Morgan fingerprint density at radius 3 is 2.71 bits per heavy atom. The number of nitrogens with one attached hydrogen (secondary N) is 1. The Bertz CT molecular complexity index is 872. The highest BCUT2D eigenvalue weighted by molar-refractivity contribution is 9.10. The maximum absolute atomic E-state index is 12.2. The van der Waals surface area contributed by atoms with E-state index in [0.717, 1.165) is 19.4 Å². The molecule has 0 spiro atoms. The van der Waals surface area contributed by atoms with Crippen molar-refractivity contribution in [1.29, 1.82) is 0 Å². The molecule has 24 heavy (non-hydrogen) atoms. The van der Waals surface area contributed by atoms with Gasteiger partial charge in [0.25, 0.3) is 5.91 Å². The fraction of sp³-hybridized carbons (Fsp3) is 0.0625. The zero-order chi connectivity index (χ0) is 16.9. The van der Waals surface area contributed by atoms with Crippen molar-refractivity contribution in [1.82, 2.24) is 10.2 Å². The summed E-state index contributed by atoms with van der Waals surface area (Å²) in [6, 6.07) is 14.9. The van der Waals surface area contributed by atoms with Crippen molar-refractivity contribution in [2.45, 2.75) is 10.1 Å². The lowest BCUT2D eigenvalue weighted by Gasteiger charge is -2.03. The van der Waals surface area contributed by atoms with Gasteiger partial charge in [-0.3, -0.25) is 10.1 Å². The molecular formula is C16H11BrClN3OS2. The molecular weight excluding hydrogens is 430 g/mol. The first-order valence-electron chi connectivity index (χ1n) is 6.89. The quantitative estimate of drug-likeness (QED) is 0.420. The van der Waals surface area contributed by atoms with Gasteiger partial charge in [-0.25, -0.2) is 0 Å². The third-order valence-corrected chi connectivity index (χ3v) is 6.14. The Kier molecular flexibility index (Phi) is 5.89. The van der Waals surface area contributed by atoms with Crippen molar-refractivity contribution in [2.24, 2.45) is 0 Å². The number of aromatic nitrogens is 2. The van der Waals surface area contributed by atoms with E-state index in [1.54, 1.807) is 6.07 Å². The van der Waals surface area contributed by atoms with Gasteiger partial charge in [0, 0.05) is 15.2 Å². The van der Waals surface area contributed by atoms with Crippen molar-refractivity contribution in [3.05, 3.63) is 69.2 Å². The van der Waals surface area contributed by atoms with Crippen LogP contribution in [0.25, 0.3) is 0 Å². The predicted molar refractivity (Wildman–Crippen MR) is 103 cm³/mol. The molecule has 0 fully saturated rings. The van der Waals surface area contributed by atoms with Gasteiger partial charge < -0.3 is 0 Å². The average Bonchev–Trinajstić information content (AvgIpc) is 3.02. The number of hydrogen-bond donors (Lipinski definition) is 1. The molecule has 1 amide bonds. The number of carbonyl (C=O) groups excluding carboxylic acids is 1. The van der Waals surface area contributed by atoms with E-state index < -0.39 is 0 Å². The summed E-state index contributed by atoms with van der Waals surface area (Å²) in [6.07, 6.45) is 0. The Morgan fingerprint density at radius 2 is 1.92 bits per heavy atom. The fourth-order valence-electron chi connectivity index (χ4n) is 1.88. The number of benzene rings is 2. The molecule has 0 aliphatic carbocycles. The predicted octanol–water partition coefficient (Wildman–Crippen LogP) is 5.50. The maximum atomic E-state index is 12.2. The SMILES string of the molecule is O=C(Nc1nnc(SCc2ccccc2Cl)s1)c1ccccc1Br. The van der Waals surface area contributed by atoms with Gasteiger partial charge >= 0.3 is 0 Å². The molecule has 0 unspecified atom stereocenters. The van der Waals surface area contributed by atoms with Crippen LogP contribution in [0.5, 0.6) is 0 Å². The number of amides is 1. The Balaban J connectivity index is 1.63. The fourth-order valence-corrected chi connectivity index (χ4v) is 4.38. The first-order valence-corrected chi connectivity index (χ1v) is 9.86. The van der Waals surface area contributed by atoms with Crippen LogP contribution >= 0.6 is 50.6 Å². The molecule has 0 atom stereocenters. The molecule has 2 aromatic carbocycles. The van der Waals surface area contributed by atoms with Crippen LogP contribution in [0.3, 0.4) is 0 Å². The summed E-state index contributed by atoms with van der Waals surface area (Å²) in [5.74, 6) is 0.480. The topological polar surface area (TPSA) is 54.9 Å². The highest BCUT2D eigenvalue weighted by Gasteiger charge is 2.13. The largest absolute Gasteiger partial charge is 0.296 e. The van der Waals surface area contributed by atoms with Crippen LogP contribution in [0, 0.1) is 0 Å². The van der Waals surface area contributed by atoms with Crippen molar-refractivity contribution < 1.29 is 4.79 Å². The number of nitrogens with zero attached hydrogens (tertiary/aromatic N) is 2. The van der Waals surface area contributed by atoms with Gasteiger partial charge in [0.05, 0.1) is 5.56 Å². The minimum absolute atomic E-state index is 0.221. The second-order valence-corrected chi connectivity index (χ2v) is 8.15. The summed E-state index contributed by atoms with van der Waals surface area (Å²) >= 11 is 12.4. The van der Waals surface area contributed by atoms with E-state index in [0.29, 0.717) is 16.4 Å². The average molecular weight is 441 g/mol. The monoisotopic (exact) mass is 439 g/mol. The van der Waals surface area contributed by atoms with Crippen molar-refractivity contribution in [3.63, 3.8) is 0 Å². The van der Waals surface area contributed by atoms with Gasteiger partial charge in [-0.05, 0) is 39.7 Å². The van der Waals surface area contributed by atoms with Crippen LogP contribution < -0.4 is 5.32 Å². The number of rotatable bonds is 5. The van der Waals surface area contributed by atoms with Gasteiger partial charge in [0.1, 0.15) is 0 Å². The first-order chi connectivity index (χ1) is 11.6. The summed E-state index contributed by atoms with van der Waals surface area (Å²) in [5, 5.41) is 12.1. The van der Waals surface area contributed by atoms with Gasteiger partial charge in [0.2, 0.25) is 5.13 Å². The minimum Gasteiger partial charge on any atom is -0.296 e. The summed E-state index contributed by atoms with van der Waals surface area (Å²) in [6.45, 7) is 0. The van der Waals surface area contributed by atoms with E-state index in [2.05, 4.69) is 31.4 Å². The van der Waals surface area contributed by atoms with E-state index in [-0.39, 0.29) is 5.91 Å². The van der Waals surface area contributed by atoms with Crippen LogP contribution in [0.15, 0.2) is 57.3 Å². The maximum Gasteiger partial charge on any atom is 0.258 e. The van der Waals surface area contributed by atoms with Crippen molar-refractivity contribution in [3.8, 4) is 0 Å². The zero-order valence-electron chi connectivity index (χ0n) is 12.2. The molecule has 1 N–H and O–H groups in total. The molecule has 0 aliphatic rings. The van der Waals surface area contributed by atoms with Gasteiger partial charge in [0.15, 0.2) is 4.34 Å². The Hall–Kier alpha value is -1.41. The molecule has 8 heteroatoms. The number of carbonyl (C=O) groups is 1. The number of anilines is 1. The van der Waals surface area contributed by atoms with E-state index in [9.17, 15) is 4.79 Å². The number of halogens is 2. The van der Waals surface area contributed by atoms with Crippen LogP contribution in [0.2, 0.25) is 5.02 Å². The Labute approximate surface area is 160 Å². The molecule has 0 bridgehead atoms. The van der Waals surface area contributed by atoms with E-state index >= 15 is 0 Å². The standard InChI is InChI=1S/C16H11BrClN3OS2/c17-12-7-3-2-6-11(12)14(22)19-15-20-21-16(24-15)23-9-10-5-1-4-8-13(10)18/h1-8H,9H2,(H,19,20,22). The first kappa shape index (κ1) is 17.4. The summed E-state index contributed by atoms with van der Waals surface area (Å²) in [5.41, 5.74) is 1.59. The molecule has 122 valence electrons. The smallest absolute Gasteiger partial charge is 0.258 e. The van der Waals surface area contributed by atoms with Gasteiger partial charge in [-0.1, -0.05) is 65.0 Å². The molecule has 1 heterocycles. The van der Waals surface area contributed by atoms with Crippen LogP contribution in [0.1, 0.15) is 15.9 Å². The Morgan fingerprint density at radius 1 is 1.17 bits per heavy atom. The summed E-state index contributed by atoms with van der Waals surface area (Å²) < 4.78 is 1.51. The minimum atomic E-state index is -0.221. The third-order valence-electron chi connectivity index (χ3n) is 3.05. The third kappa shape index (κ3) is 4.36. The van der Waals surface area contributed by atoms with Crippen molar-refractivity contribution in [2.75, 3.05) is 5.32 Å².